The molecule has 2 aliphatic rings. The van der Waals surface area contributed by atoms with Crippen molar-refractivity contribution in [1.29, 1.82) is 0 Å². The summed E-state index contributed by atoms with van der Waals surface area (Å²) >= 11 is 0. The van der Waals surface area contributed by atoms with Crippen molar-refractivity contribution in [3.63, 3.8) is 0 Å². The number of hydrogen-bond acceptors (Lipinski definition) is 3. The number of hydrogen-bond donors (Lipinski definition) is 0. The number of Topliss-reactive ketones (excluding diaryl/α,β-unsaturated/α-hetero) is 3. The zero-order chi connectivity index (χ0) is 33.2. The summed E-state index contributed by atoms with van der Waals surface area (Å²) in [6, 6.07) is 0. The highest BCUT2D eigenvalue weighted by Crippen LogP contribution is 2.42. The van der Waals surface area contributed by atoms with Crippen molar-refractivity contribution in [2.75, 3.05) is 0 Å². The third kappa shape index (κ3) is 10.4. The molecule has 0 bridgehead atoms. The maximum atomic E-state index is 12.5. The zero-order valence-electron chi connectivity index (χ0n) is 28.8. The molecule has 0 heterocycles. The van der Waals surface area contributed by atoms with Crippen LogP contribution in [0.3, 0.4) is 0 Å². The normalized spacial score (nSPS) is 22.9. The fourth-order valence-corrected chi connectivity index (χ4v) is 5.86. The summed E-state index contributed by atoms with van der Waals surface area (Å²) in [7, 11) is 0. The van der Waals surface area contributed by atoms with E-state index in [1.54, 1.807) is 6.92 Å². The Morgan fingerprint density at radius 2 is 1.02 bits per heavy atom. The predicted molar refractivity (Wildman–Crippen MR) is 187 cm³/mol. The molecule has 0 fully saturated rings. The Labute approximate surface area is 266 Å². The molecule has 0 spiro atoms. The summed E-state index contributed by atoms with van der Waals surface area (Å²) in [5, 5.41) is 0. The minimum absolute atomic E-state index is 0.00257. The third-order valence-corrected chi connectivity index (χ3v) is 8.39. The Morgan fingerprint density at radius 3 is 1.50 bits per heavy atom. The van der Waals surface area contributed by atoms with Gasteiger partial charge in [0.05, 0.1) is 0 Å². The first-order valence-corrected chi connectivity index (χ1v) is 15.6. The summed E-state index contributed by atoms with van der Waals surface area (Å²) in [6.45, 7) is 22.4. The molecule has 0 N–H and O–H groups in total. The molecule has 0 aromatic rings. The second kappa shape index (κ2) is 15.7. The van der Waals surface area contributed by atoms with Crippen molar-refractivity contribution in [3.8, 4) is 0 Å². The van der Waals surface area contributed by atoms with Crippen LogP contribution < -0.4 is 0 Å². The van der Waals surface area contributed by atoms with Gasteiger partial charge in [-0.25, -0.2) is 0 Å². The van der Waals surface area contributed by atoms with E-state index in [2.05, 4.69) is 83.2 Å². The molecule has 3 nitrogen and oxygen atoms in total. The molecule has 0 amide bonds. The average molecular weight is 593 g/mol. The highest BCUT2D eigenvalue weighted by Gasteiger charge is 2.37. The molecule has 234 valence electrons. The van der Waals surface area contributed by atoms with Crippen LogP contribution in [0.1, 0.15) is 89.0 Å². The van der Waals surface area contributed by atoms with Gasteiger partial charge in [-0.2, -0.15) is 0 Å². The predicted octanol–water partition coefficient (Wildman–Crippen LogP) is 10.4. The zero-order valence-corrected chi connectivity index (χ0v) is 28.8. The van der Waals surface area contributed by atoms with E-state index in [1.807, 2.05) is 71.1 Å². The van der Waals surface area contributed by atoms with Gasteiger partial charge in [-0.05, 0) is 75.5 Å². The van der Waals surface area contributed by atoms with E-state index >= 15 is 0 Å². The van der Waals surface area contributed by atoms with Crippen LogP contribution in [0.15, 0.2) is 130 Å². The van der Waals surface area contributed by atoms with Gasteiger partial charge in [0, 0.05) is 17.9 Å². The molecule has 44 heavy (non-hydrogen) atoms. The number of rotatable bonds is 10. The quantitative estimate of drug-likeness (QED) is 0.187. The number of carbonyl (C=O) groups excluding carboxylic acids is 3. The topological polar surface area (TPSA) is 51.2 Å². The molecule has 0 saturated heterocycles. The van der Waals surface area contributed by atoms with Crippen LogP contribution in [0.5, 0.6) is 0 Å². The smallest absolute Gasteiger partial charge is 0.224 e. The number of allylic oxidation sites excluding steroid dienone is 22. The first kappa shape index (κ1) is 36.3. The van der Waals surface area contributed by atoms with Crippen molar-refractivity contribution in [2.45, 2.75) is 89.0 Å². The lowest BCUT2D eigenvalue weighted by atomic mass is 9.68. The fraction of sp³-hybridized carbons (Fsp3) is 0.390. The van der Waals surface area contributed by atoms with Gasteiger partial charge >= 0.3 is 0 Å². The average Bonchev–Trinajstić information content (AvgIpc) is 2.92. The van der Waals surface area contributed by atoms with Crippen molar-refractivity contribution < 1.29 is 14.4 Å². The highest BCUT2D eigenvalue weighted by molar-refractivity contribution is 6.44. The lowest BCUT2D eigenvalue weighted by molar-refractivity contribution is -0.136. The van der Waals surface area contributed by atoms with E-state index in [0.717, 1.165) is 45.4 Å². The first-order valence-electron chi connectivity index (χ1n) is 15.6. The summed E-state index contributed by atoms with van der Waals surface area (Å²) in [5.74, 6) is -0.303. The number of ketones is 3. The Kier molecular flexibility index (Phi) is 13.0. The summed E-state index contributed by atoms with van der Waals surface area (Å²) in [5.41, 5.74) is 7.65. The van der Waals surface area contributed by atoms with Crippen LogP contribution in [-0.4, -0.2) is 17.3 Å². The summed E-state index contributed by atoms with van der Waals surface area (Å²) < 4.78 is 0. The fourth-order valence-electron chi connectivity index (χ4n) is 5.86. The minimum atomic E-state index is -0.363. The van der Waals surface area contributed by atoms with Gasteiger partial charge in [0.2, 0.25) is 11.6 Å². The van der Waals surface area contributed by atoms with Crippen LogP contribution in [0.2, 0.25) is 0 Å². The standard InChI is InChI=1S/C41H52O3/c1-28(18-14-20-30(3)22-24-35-33(6)38(43)32(5)26-40(35,8)9)16-12-13-17-29(2)19-15-21-31(4)23-25-36-34(7)39(44)37(42)27-41(36,10)11/h12-25,32H,26-27H2,1-11H3/b13-12+,18-14+,19-15+,24-22+,25-23+,28-16+,29-17+,30-20+,31-21+/t32-/m0/s1. The lowest BCUT2D eigenvalue weighted by Gasteiger charge is -2.35. The SMILES string of the molecule is CC1=C(/C=C/C(C)=C/C=C/C(C)=C/C=C/C=C(C)/C=C/C=C(C)/C=C/C2=C(C)C(=O)[C@@H](C)CC2(C)C)C(C)(C)CC(=O)C1=O. The van der Waals surface area contributed by atoms with Gasteiger partial charge < -0.3 is 0 Å². The molecule has 3 heteroatoms. The second-order valence-electron chi connectivity index (χ2n) is 13.7. The molecule has 2 rings (SSSR count). The van der Waals surface area contributed by atoms with Gasteiger partial charge in [-0.15, -0.1) is 0 Å². The van der Waals surface area contributed by atoms with E-state index in [9.17, 15) is 14.4 Å². The molecule has 0 radical (unpaired) electrons. The second-order valence-corrected chi connectivity index (χ2v) is 13.7. The van der Waals surface area contributed by atoms with Crippen molar-refractivity contribution in [1.82, 2.24) is 0 Å². The third-order valence-electron chi connectivity index (χ3n) is 8.39. The van der Waals surface area contributed by atoms with Crippen LogP contribution in [0.25, 0.3) is 0 Å². The number of carbonyl (C=O) groups is 3. The van der Waals surface area contributed by atoms with Gasteiger partial charge in [-0.3, -0.25) is 14.4 Å². The molecule has 0 saturated carbocycles. The van der Waals surface area contributed by atoms with Crippen molar-refractivity contribution >= 4 is 17.3 Å². The van der Waals surface area contributed by atoms with Crippen molar-refractivity contribution in [3.05, 3.63) is 130 Å². The Hall–Kier alpha value is -3.85. The van der Waals surface area contributed by atoms with E-state index in [1.165, 1.54) is 0 Å². The van der Waals surface area contributed by atoms with E-state index in [0.29, 0.717) is 5.57 Å². The van der Waals surface area contributed by atoms with Gasteiger partial charge in [0.1, 0.15) is 0 Å². The molecular weight excluding hydrogens is 540 g/mol. The highest BCUT2D eigenvalue weighted by atomic mass is 16.2. The first-order chi connectivity index (χ1) is 20.5. The molecule has 0 aromatic heterocycles. The molecule has 0 aromatic carbocycles. The van der Waals surface area contributed by atoms with Crippen LogP contribution >= 0.6 is 0 Å². The van der Waals surface area contributed by atoms with Crippen LogP contribution in [0, 0.1) is 16.7 Å². The van der Waals surface area contributed by atoms with E-state index in [4.69, 9.17) is 0 Å². The van der Waals surface area contributed by atoms with Gasteiger partial charge in [-0.1, -0.05) is 142 Å². The lowest BCUT2D eigenvalue weighted by Crippen LogP contribution is -2.32. The van der Waals surface area contributed by atoms with Crippen LogP contribution in [0.4, 0.5) is 0 Å². The summed E-state index contributed by atoms with van der Waals surface area (Å²) in [6.07, 6.45) is 29.8. The van der Waals surface area contributed by atoms with Gasteiger partial charge in [0.15, 0.2) is 5.78 Å². The van der Waals surface area contributed by atoms with Gasteiger partial charge in [0.25, 0.3) is 0 Å². The van der Waals surface area contributed by atoms with Crippen molar-refractivity contribution in [2.24, 2.45) is 16.7 Å². The Bertz CT molecular complexity index is 1490. The Morgan fingerprint density at radius 1 is 0.614 bits per heavy atom. The van der Waals surface area contributed by atoms with E-state index in [-0.39, 0.29) is 40.5 Å². The molecule has 0 aliphatic heterocycles. The molecule has 2 aliphatic carbocycles. The van der Waals surface area contributed by atoms with Crippen LogP contribution in [-0.2, 0) is 14.4 Å². The monoisotopic (exact) mass is 592 g/mol. The molecule has 1 atom stereocenters. The largest absolute Gasteiger partial charge is 0.294 e. The minimum Gasteiger partial charge on any atom is -0.294 e. The maximum Gasteiger partial charge on any atom is 0.224 e. The van der Waals surface area contributed by atoms with E-state index < -0.39 is 0 Å². The Balaban J connectivity index is 1.95. The molecule has 0 unspecified atom stereocenters. The molecular formula is C41H52O3. The maximum absolute atomic E-state index is 12.5. The summed E-state index contributed by atoms with van der Waals surface area (Å²) in [4.78, 5) is 36.6.